The van der Waals surface area contributed by atoms with E-state index >= 15 is 0 Å². The van der Waals surface area contributed by atoms with Crippen molar-refractivity contribution < 1.29 is 9.59 Å². The van der Waals surface area contributed by atoms with Crippen molar-refractivity contribution in [3.63, 3.8) is 0 Å². The Bertz CT molecular complexity index is 1070. The molecular formula is C21H31N5O4S. The summed E-state index contributed by atoms with van der Waals surface area (Å²) >= 11 is 1.35. The molecule has 0 saturated carbocycles. The Morgan fingerprint density at radius 2 is 1.81 bits per heavy atom. The van der Waals surface area contributed by atoms with Crippen LogP contribution in [-0.4, -0.2) is 46.4 Å². The molecule has 2 rings (SSSR count). The standard InChI is InChI=1S/C21H31N5O4S/c1-12(2)9-25(16(27)11-24(6)20(29)15-8-7-14(5)31-15)17-18(22)26(10-13(3)4)21(30)23-19(17)28/h7-8,12-13H,9-11,22H2,1-6H3,(H,23,28,30). The fourth-order valence-corrected chi connectivity index (χ4v) is 4.03. The minimum Gasteiger partial charge on any atom is -0.383 e. The Morgan fingerprint density at radius 1 is 1.16 bits per heavy atom. The third-order valence-electron chi connectivity index (χ3n) is 4.55. The molecule has 9 nitrogen and oxygen atoms in total. The van der Waals surface area contributed by atoms with Crippen molar-refractivity contribution in [3.8, 4) is 0 Å². The number of nitrogens with two attached hydrogens (primary N) is 1. The van der Waals surface area contributed by atoms with Gasteiger partial charge >= 0.3 is 5.69 Å². The summed E-state index contributed by atoms with van der Waals surface area (Å²) in [4.78, 5) is 57.1. The second kappa shape index (κ2) is 9.95. The fraction of sp³-hybridized carbons (Fsp3) is 0.524. The van der Waals surface area contributed by atoms with E-state index in [4.69, 9.17) is 5.73 Å². The molecule has 0 saturated heterocycles. The Morgan fingerprint density at radius 3 is 2.32 bits per heavy atom. The molecule has 31 heavy (non-hydrogen) atoms. The predicted molar refractivity (Wildman–Crippen MR) is 124 cm³/mol. The number of H-pyrrole nitrogens is 1. The number of hydrogen-bond donors (Lipinski definition) is 2. The molecule has 0 aliphatic carbocycles. The van der Waals surface area contributed by atoms with Crippen LogP contribution < -0.4 is 21.9 Å². The molecular weight excluding hydrogens is 418 g/mol. The SMILES string of the molecule is Cc1ccc(C(=O)N(C)CC(=O)N(CC(C)C)c2c(N)n(CC(C)C)c(=O)[nH]c2=O)s1. The fourth-order valence-electron chi connectivity index (χ4n) is 3.17. The van der Waals surface area contributed by atoms with Gasteiger partial charge in [-0.25, -0.2) is 4.79 Å². The summed E-state index contributed by atoms with van der Waals surface area (Å²) < 4.78 is 1.27. The third kappa shape index (κ3) is 5.84. The summed E-state index contributed by atoms with van der Waals surface area (Å²) in [6.07, 6.45) is 0. The van der Waals surface area contributed by atoms with Crippen molar-refractivity contribution >= 4 is 34.7 Å². The van der Waals surface area contributed by atoms with Gasteiger partial charge in [0.15, 0.2) is 5.69 Å². The normalized spacial score (nSPS) is 11.2. The number of carbonyl (C=O) groups is 2. The molecule has 0 atom stereocenters. The zero-order valence-electron chi connectivity index (χ0n) is 18.9. The highest BCUT2D eigenvalue weighted by Gasteiger charge is 2.27. The van der Waals surface area contributed by atoms with E-state index in [9.17, 15) is 19.2 Å². The average Bonchev–Trinajstić information content (AvgIpc) is 3.09. The van der Waals surface area contributed by atoms with Crippen LogP contribution in [0.1, 0.15) is 42.2 Å². The number of nitrogens with one attached hydrogen (secondary N) is 1. The summed E-state index contributed by atoms with van der Waals surface area (Å²) in [6.45, 7) is 9.82. The largest absolute Gasteiger partial charge is 0.383 e. The van der Waals surface area contributed by atoms with E-state index in [0.29, 0.717) is 11.4 Å². The third-order valence-corrected chi connectivity index (χ3v) is 5.54. The van der Waals surface area contributed by atoms with Crippen LogP contribution in [0.2, 0.25) is 0 Å². The smallest absolute Gasteiger partial charge is 0.330 e. The molecule has 2 aromatic rings. The summed E-state index contributed by atoms with van der Waals surface area (Å²) in [5, 5.41) is 0. The number of anilines is 2. The van der Waals surface area contributed by atoms with Crippen LogP contribution in [0.4, 0.5) is 11.5 Å². The van der Waals surface area contributed by atoms with Gasteiger partial charge in [0.05, 0.1) is 4.88 Å². The number of amides is 2. The summed E-state index contributed by atoms with van der Waals surface area (Å²) in [5.41, 5.74) is 4.80. The van der Waals surface area contributed by atoms with Gasteiger partial charge in [0.1, 0.15) is 12.4 Å². The summed E-state index contributed by atoms with van der Waals surface area (Å²) in [7, 11) is 1.54. The minimum absolute atomic E-state index is 0.0224. The lowest BCUT2D eigenvalue weighted by Gasteiger charge is -2.28. The highest BCUT2D eigenvalue weighted by molar-refractivity contribution is 7.13. The average molecular weight is 450 g/mol. The first-order chi connectivity index (χ1) is 14.4. The Balaban J connectivity index is 2.41. The van der Waals surface area contributed by atoms with Gasteiger partial charge in [-0.05, 0) is 30.9 Å². The molecule has 170 valence electrons. The highest BCUT2D eigenvalue weighted by Crippen LogP contribution is 2.21. The van der Waals surface area contributed by atoms with Crippen LogP contribution in [0.15, 0.2) is 21.7 Å². The maximum absolute atomic E-state index is 13.2. The number of hydrogen-bond acceptors (Lipinski definition) is 6. The van der Waals surface area contributed by atoms with E-state index in [1.807, 2.05) is 40.7 Å². The van der Waals surface area contributed by atoms with Gasteiger partial charge in [0, 0.05) is 25.0 Å². The van der Waals surface area contributed by atoms with Gasteiger partial charge in [-0.2, -0.15) is 0 Å². The lowest BCUT2D eigenvalue weighted by atomic mass is 10.2. The van der Waals surface area contributed by atoms with Gasteiger partial charge in [-0.1, -0.05) is 27.7 Å². The van der Waals surface area contributed by atoms with Crippen LogP contribution in [0.5, 0.6) is 0 Å². The topological polar surface area (TPSA) is 121 Å². The first kappa shape index (κ1) is 24.4. The molecule has 2 heterocycles. The monoisotopic (exact) mass is 449 g/mol. The van der Waals surface area contributed by atoms with Crippen molar-refractivity contribution in [2.24, 2.45) is 11.8 Å². The van der Waals surface area contributed by atoms with E-state index in [-0.39, 0.29) is 42.3 Å². The van der Waals surface area contributed by atoms with Crippen molar-refractivity contribution in [2.75, 3.05) is 30.8 Å². The maximum atomic E-state index is 13.2. The van der Waals surface area contributed by atoms with Gasteiger partial charge in [-0.3, -0.25) is 23.9 Å². The Hall–Kier alpha value is -2.88. The van der Waals surface area contributed by atoms with Crippen LogP contribution in [0.25, 0.3) is 0 Å². The molecule has 2 amide bonds. The van der Waals surface area contributed by atoms with Crippen LogP contribution in [-0.2, 0) is 11.3 Å². The molecule has 0 aliphatic heterocycles. The first-order valence-electron chi connectivity index (χ1n) is 10.2. The van der Waals surface area contributed by atoms with Crippen molar-refractivity contribution in [3.05, 3.63) is 42.7 Å². The molecule has 10 heteroatoms. The second-order valence-electron chi connectivity index (χ2n) is 8.47. The van der Waals surface area contributed by atoms with Gasteiger partial charge in [-0.15, -0.1) is 11.3 Å². The number of aryl methyl sites for hydroxylation is 1. The lowest BCUT2D eigenvalue weighted by molar-refractivity contribution is -0.119. The summed E-state index contributed by atoms with van der Waals surface area (Å²) in [6, 6.07) is 3.57. The minimum atomic E-state index is -0.723. The van der Waals surface area contributed by atoms with Gasteiger partial charge < -0.3 is 15.5 Å². The van der Waals surface area contributed by atoms with Gasteiger partial charge in [0.25, 0.3) is 11.5 Å². The lowest BCUT2D eigenvalue weighted by Crippen LogP contribution is -2.47. The number of carbonyl (C=O) groups excluding carboxylic acids is 2. The number of aromatic amines is 1. The molecule has 3 N–H and O–H groups in total. The van der Waals surface area contributed by atoms with Crippen molar-refractivity contribution in [1.82, 2.24) is 14.5 Å². The number of nitrogen functional groups attached to an aromatic ring is 1. The molecule has 0 aromatic carbocycles. The van der Waals surface area contributed by atoms with E-state index in [1.54, 1.807) is 6.07 Å². The molecule has 0 bridgehead atoms. The van der Waals surface area contributed by atoms with E-state index in [0.717, 1.165) is 4.88 Å². The van der Waals surface area contributed by atoms with E-state index < -0.39 is 17.2 Å². The number of rotatable bonds is 8. The van der Waals surface area contributed by atoms with Gasteiger partial charge in [0.2, 0.25) is 5.91 Å². The zero-order valence-corrected chi connectivity index (χ0v) is 19.7. The van der Waals surface area contributed by atoms with E-state index in [2.05, 4.69) is 4.98 Å². The molecule has 0 fully saturated rings. The Labute approximate surface area is 185 Å². The van der Waals surface area contributed by atoms with Crippen LogP contribution in [0.3, 0.4) is 0 Å². The highest BCUT2D eigenvalue weighted by atomic mass is 32.1. The molecule has 0 spiro atoms. The van der Waals surface area contributed by atoms with Crippen LogP contribution >= 0.6 is 11.3 Å². The molecule has 0 unspecified atom stereocenters. The molecule has 0 aliphatic rings. The quantitative estimate of drug-likeness (QED) is 0.637. The number of likely N-dealkylation sites (N-methyl/N-ethyl adjacent to an activating group) is 1. The van der Waals surface area contributed by atoms with Crippen LogP contribution in [0, 0.1) is 18.8 Å². The Kier molecular flexibility index (Phi) is 7.83. The zero-order chi connectivity index (χ0) is 23.5. The number of nitrogens with zero attached hydrogens (tertiary/aromatic N) is 3. The number of aromatic nitrogens is 2. The molecule has 2 aromatic heterocycles. The maximum Gasteiger partial charge on any atom is 0.330 e. The van der Waals surface area contributed by atoms with Crippen molar-refractivity contribution in [1.29, 1.82) is 0 Å². The molecule has 0 radical (unpaired) electrons. The number of thiophene rings is 1. The first-order valence-corrected chi connectivity index (χ1v) is 11.0. The predicted octanol–water partition coefficient (Wildman–Crippen LogP) is 1.91. The van der Waals surface area contributed by atoms with E-state index in [1.165, 1.54) is 32.8 Å². The summed E-state index contributed by atoms with van der Waals surface area (Å²) in [5.74, 6) is -0.660. The van der Waals surface area contributed by atoms with Crippen molar-refractivity contribution in [2.45, 2.75) is 41.2 Å². The second-order valence-corrected chi connectivity index (χ2v) is 9.76.